The molecule has 0 amide bonds. The summed E-state index contributed by atoms with van der Waals surface area (Å²) >= 11 is 0. The third-order valence-corrected chi connectivity index (χ3v) is 2.28. The first-order valence-electron chi connectivity index (χ1n) is 4.38. The predicted octanol–water partition coefficient (Wildman–Crippen LogP) is 1.97. The molecule has 2 heteroatoms. The summed E-state index contributed by atoms with van der Waals surface area (Å²) in [6.07, 6.45) is 0. The van der Waals surface area contributed by atoms with Gasteiger partial charge in [-0.1, -0.05) is 26.0 Å². The first-order valence-corrected chi connectivity index (χ1v) is 4.38. The Bertz CT molecular complexity index is 303. The van der Waals surface area contributed by atoms with Crippen molar-refractivity contribution in [2.75, 3.05) is 6.61 Å². The molecule has 0 saturated carbocycles. The summed E-state index contributed by atoms with van der Waals surface area (Å²) in [6, 6.07) is 5.51. The van der Waals surface area contributed by atoms with E-state index in [1.165, 1.54) is 0 Å². The van der Waals surface area contributed by atoms with Gasteiger partial charge >= 0.3 is 0 Å². The molecule has 1 rings (SSSR count). The van der Waals surface area contributed by atoms with Crippen molar-refractivity contribution in [3.05, 3.63) is 29.3 Å². The molecule has 0 aliphatic heterocycles. The summed E-state index contributed by atoms with van der Waals surface area (Å²) in [4.78, 5) is 0. The van der Waals surface area contributed by atoms with Crippen molar-refractivity contribution >= 4 is 0 Å². The number of phenolic OH excluding ortho intramolecular Hbond substituents is 1. The summed E-state index contributed by atoms with van der Waals surface area (Å²) in [5.74, 6) is 0.263. The number of hydrogen-bond acceptors (Lipinski definition) is 2. The van der Waals surface area contributed by atoms with Crippen molar-refractivity contribution in [3.63, 3.8) is 0 Å². The van der Waals surface area contributed by atoms with Crippen molar-refractivity contribution < 1.29 is 10.2 Å². The second-order valence-corrected chi connectivity index (χ2v) is 4.06. The molecule has 13 heavy (non-hydrogen) atoms. The van der Waals surface area contributed by atoms with Crippen LogP contribution >= 0.6 is 0 Å². The predicted molar refractivity (Wildman–Crippen MR) is 53.0 cm³/mol. The average Bonchev–Trinajstić information content (AvgIpc) is 2.03. The van der Waals surface area contributed by atoms with Crippen molar-refractivity contribution in [2.24, 2.45) is 0 Å². The Labute approximate surface area is 78.8 Å². The SMILES string of the molecule is Cc1ccc(C(C)(C)CO)c(O)c1. The number of aryl methyl sites for hydroxylation is 1. The minimum Gasteiger partial charge on any atom is -0.508 e. The molecule has 0 heterocycles. The smallest absolute Gasteiger partial charge is 0.119 e. The van der Waals surface area contributed by atoms with Crippen LogP contribution in [0.3, 0.4) is 0 Å². The Balaban J connectivity index is 3.16. The van der Waals surface area contributed by atoms with Gasteiger partial charge in [0, 0.05) is 11.0 Å². The lowest BCUT2D eigenvalue weighted by Gasteiger charge is -2.23. The van der Waals surface area contributed by atoms with Crippen LogP contribution in [-0.2, 0) is 5.41 Å². The molecular weight excluding hydrogens is 164 g/mol. The van der Waals surface area contributed by atoms with Crippen LogP contribution in [0.4, 0.5) is 0 Å². The van der Waals surface area contributed by atoms with Crippen LogP contribution in [-0.4, -0.2) is 16.8 Å². The van der Waals surface area contributed by atoms with Gasteiger partial charge < -0.3 is 10.2 Å². The molecule has 1 aromatic carbocycles. The fourth-order valence-corrected chi connectivity index (χ4v) is 1.30. The van der Waals surface area contributed by atoms with E-state index in [0.29, 0.717) is 0 Å². The quantitative estimate of drug-likeness (QED) is 0.730. The minimum absolute atomic E-state index is 0.0314. The lowest BCUT2D eigenvalue weighted by atomic mass is 9.84. The monoisotopic (exact) mass is 180 g/mol. The van der Waals surface area contributed by atoms with Crippen LogP contribution in [0.1, 0.15) is 25.0 Å². The summed E-state index contributed by atoms with van der Waals surface area (Å²) in [7, 11) is 0. The zero-order valence-electron chi connectivity index (χ0n) is 8.33. The lowest BCUT2D eigenvalue weighted by Crippen LogP contribution is -2.22. The highest BCUT2D eigenvalue weighted by molar-refractivity contribution is 5.40. The molecule has 0 aromatic heterocycles. The van der Waals surface area contributed by atoms with E-state index in [-0.39, 0.29) is 17.8 Å². The molecule has 0 unspecified atom stereocenters. The van der Waals surface area contributed by atoms with Gasteiger partial charge in [-0.3, -0.25) is 0 Å². The minimum atomic E-state index is -0.377. The maximum atomic E-state index is 9.65. The number of rotatable bonds is 2. The van der Waals surface area contributed by atoms with Crippen molar-refractivity contribution in [1.29, 1.82) is 0 Å². The molecule has 72 valence electrons. The molecule has 0 spiro atoms. The van der Waals surface area contributed by atoms with Gasteiger partial charge in [-0.15, -0.1) is 0 Å². The van der Waals surface area contributed by atoms with Gasteiger partial charge in [0.2, 0.25) is 0 Å². The van der Waals surface area contributed by atoms with Gasteiger partial charge in [-0.2, -0.15) is 0 Å². The number of hydrogen-bond donors (Lipinski definition) is 2. The van der Waals surface area contributed by atoms with E-state index in [1.54, 1.807) is 6.07 Å². The van der Waals surface area contributed by atoms with Gasteiger partial charge in [0.15, 0.2) is 0 Å². The fraction of sp³-hybridized carbons (Fsp3) is 0.455. The van der Waals surface area contributed by atoms with Gasteiger partial charge in [-0.05, 0) is 18.6 Å². The van der Waals surface area contributed by atoms with E-state index in [0.717, 1.165) is 11.1 Å². The summed E-state index contributed by atoms with van der Waals surface area (Å²) in [5, 5.41) is 18.8. The normalized spacial score (nSPS) is 11.7. The highest BCUT2D eigenvalue weighted by atomic mass is 16.3. The highest BCUT2D eigenvalue weighted by Crippen LogP contribution is 2.30. The van der Waals surface area contributed by atoms with E-state index in [2.05, 4.69) is 0 Å². The van der Waals surface area contributed by atoms with Crippen LogP contribution < -0.4 is 0 Å². The Morgan fingerprint density at radius 2 is 1.92 bits per heavy atom. The first-order chi connectivity index (χ1) is 5.97. The van der Waals surface area contributed by atoms with E-state index < -0.39 is 0 Å². The Hall–Kier alpha value is -1.02. The van der Waals surface area contributed by atoms with Crippen LogP contribution in [0.2, 0.25) is 0 Å². The molecule has 0 aliphatic rings. The number of benzene rings is 1. The molecule has 2 N–H and O–H groups in total. The van der Waals surface area contributed by atoms with E-state index in [9.17, 15) is 5.11 Å². The Kier molecular flexibility index (Phi) is 2.62. The number of aromatic hydroxyl groups is 1. The van der Waals surface area contributed by atoms with Crippen LogP contribution in [0.5, 0.6) is 5.75 Å². The van der Waals surface area contributed by atoms with E-state index >= 15 is 0 Å². The van der Waals surface area contributed by atoms with E-state index in [4.69, 9.17) is 5.11 Å². The van der Waals surface area contributed by atoms with Gasteiger partial charge in [0.25, 0.3) is 0 Å². The number of aliphatic hydroxyl groups is 1. The second-order valence-electron chi connectivity index (χ2n) is 4.06. The Morgan fingerprint density at radius 3 is 2.38 bits per heavy atom. The molecule has 0 aliphatic carbocycles. The maximum absolute atomic E-state index is 9.65. The molecule has 1 aromatic rings. The third-order valence-electron chi connectivity index (χ3n) is 2.28. The topological polar surface area (TPSA) is 40.5 Å². The number of aliphatic hydroxyl groups excluding tert-OH is 1. The zero-order chi connectivity index (χ0) is 10.1. The standard InChI is InChI=1S/C11H16O2/c1-8-4-5-9(10(13)6-8)11(2,3)7-12/h4-6,12-13H,7H2,1-3H3. The van der Waals surface area contributed by atoms with Crippen molar-refractivity contribution in [3.8, 4) is 5.75 Å². The lowest BCUT2D eigenvalue weighted by molar-refractivity contribution is 0.215. The van der Waals surface area contributed by atoms with E-state index in [1.807, 2.05) is 32.9 Å². The molecule has 0 saturated heterocycles. The Morgan fingerprint density at radius 1 is 1.31 bits per heavy atom. The maximum Gasteiger partial charge on any atom is 0.119 e. The second kappa shape index (κ2) is 3.38. The van der Waals surface area contributed by atoms with Gasteiger partial charge in [-0.25, -0.2) is 0 Å². The van der Waals surface area contributed by atoms with Gasteiger partial charge in [0.1, 0.15) is 5.75 Å². The molecule has 2 nitrogen and oxygen atoms in total. The summed E-state index contributed by atoms with van der Waals surface area (Å²) < 4.78 is 0. The first kappa shape index (κ1) is 10.1. The largest absolute Gasteiger partial charge is 0.508 e. The van der Waals surface area contributed by atoms with Crippen molar-refractivity contribution in [1.82, 2.24) is 0 Å². The van der Waals surface area contributed by atoms with Crippen molar-refractivity contribution in [2.45, 2.75) is 26.2 Å². The molecule has 0 radical (unpaired) electrons. The number of phenols is 1. The summed E-state index contributed by atoms with van der Waals surface area (Å²) in [5.41, 5.74) is 1.44. The molecule has 0 fully saturated rings. The average molecular weight is 180 g/mol. The molecular formula is C11H16O2. The van der Waals surface area contributed by atoms with Crippen LogP contribution in [0, 0.1) is 6.92 Å². The third kappa shape index (κ3) is 2.01. The highest BCUT2D eigenvalue weighted by Gasteiger charge is 2.22. The summed E-state index contributed by atoms with van der Waals surface area (Å²) in [6.45, 7) is 5.76. The molecule has 0 atom stereocenters. The molecule has 0 bridgehead atoms. The fourth-order valence-electron chi connectivity index (χ4n) is 1.30. The zero-order valence-corrected chi connectivity index (χ0v) is 8.33. The van der Waals surface area contributed by atoms with Crippen LogP contribution in [0.15, 0.2) is 18.2 Å². The van der Waals surface area contributed by atoms with Crippen LogP contribution in [0.25, 0.3) is 0 Å². The van der Waals surface area contributed by atoms with Gasteiger partial charge in [0.05, 0.1) is 6.61 Å².